The Balaban J connectivity index is 0.00000160. The summed E-state index contributed by atoms with van der Waals surface area (Å²) < 4.78 is 0. The van der Waals surface area contributed by atoms with Crippen LogP contribution in [0.5, 0.6) is 0 Å². The topological polar surface area (TPSA) is 42.1 Å². The Kier molecular flexibility index (Phi) is 9.69. The maximum absolute atomic E-state index is 13.0. The second kappa shape index (κ2) is 11.5. The minimum Gasteiger partial charge on any atom is -0.369 e. The average Bonchev–Trinajstić information content (AvgIpc) is 3.24. The van der Waals surface area contributed by atoms with Gasteiger partial charge in [-0.05, 0) is 44.5 Å². The van der Waals surface area contributed by atoms with Gasteiger partial charge in [-0.1, -0.05) is 0 Å². The van der Waals surface area contributed by atoms with E-state index in [4.69, 9.17) is 0 Å². The fraction of sp³-hybridized carbons (Fsp3) is 0.682. The summed E-state index contributed by atoms with van der Waals surface area (Å²) in [6, 6.07) is 9.44. The molecule has 0 radical (unpaired) electrons. The first-order chi connectivity index (χ1) is 13.6. The molecule has 0 saturated carbocycles. The van der Waals surface area contributed by atoms with Gasteiger partial charge in [0.05, 0.1) is 0 Å². The number of hydrogen-bond donors (Lipinski definition) is 1. The molecule has 3 saturated heterocycles. The second-order valence-electron chi connectivity index (χ2n) is 8.64. The quantitative estimate of drug-likeness (QED) is 0.750. The molecule has 1 N–H and O–H groups in total. The van der Waals surface area contributed by atoms with Gasteiger partial charge in [0.25, 0.3) is 5.91 Å². The molecule has 0 bridgehead atoms. The second-order valence-corrected chi connectivity index (χ2v) is 8.64. The molecule has 0 aliphatic carbocycles. The molecule has 1 atom stereocenters. The fourth-order valence-corrected chi connectivity index (χ4v) is 4.77. The maximum Gasteiger partial charge on any atom is 0.253 e. The van der Waals surface area contributed by atoms with E-state index in [2.05, 4.69) is 46.0 Å². The number of benzene rings is 1. The lowest BCUT2D eigenvalue weighted by Crippen LogP contribution is -2.49. The molecule has 1 amide bonds. The van der Waals surface area contributed by atoms with E-state index in [1.165, 1.54) is 5.69 Å². The van der Waals surface area contributed by atoms with Crippen molar-refractivity contribution in [3.63, 3.8) is 0 Å². The summed E-state index contributed by atoms with van der Waals surface area (Å²) in [5.74, 6) is 0.189. The summed E-state index contributed by atoms with van der Waals surface area (Å²) in [7, 11) is 0. The number of carbonyl (C=O) groups excluding carboxylic acids is 1. The Labute approximate surface area is 193 Å². The molecule has 0 spiro atoms. The first-order valence-electron chi connectivity index (χ1n) is 10.9. The summed E-state index contributed by atoms with van der Waals surface area (Å²) in [4.78, 5) is 22.5. The van der Waals surface area contributed by atoms with Crippen LogP contribution in [0, 0.1) is 0 Å². The first kappa shape index (κ1) is 25.2. The maximum atomic E-state index is 13.0. The van der Waals surface area contributed by atoms with E-state index in [1.54, 1.807) is 0 Å². The van der Waals surface area contributed by atoms with Gasteiger partial charge in [-0.15, -0.1) is 24.8 Å². The smallest absolute Gasteiger partial charge is 0.253 e. The highest BCUT2D eigenvalue weighted by atomic mass is 35.5. The molecule has 6 nitrogen and oxygen atoms in total. The lowest BCUT2D eigenvalue weighted by atomic mass is 10.1. The number of anilines is 1. The van der Waals surface area contributed by atoms with Gasteiger partial charge >= 0.3 is 0 Å². The number of hydrogen-bond acceptors (Lipinski definition) is 5. The highest BCUT2D eigenvalue weighted by Gasteiger charge is 2.31. The van der Waals surface area contributed by atoms with Gasteiger partial charge in [-0.2, -0.15) is 0 Å². The fourth-order valence-electron chi connectivity index (χ4n) is 4.77. The van der Waals surface area contributed by atoms with Crippen molar-refractivity contribution in [2.75, 3.05) is 70.3 Å². The van der Waals surface area contributed by atoms with Crippen molar-refractivity contribution >= 4 is 36.4 Å². The van der Waals surface area contributed by atoms with Gasteiger partial charge < -0.3 is 15.1 Å². The molecule has 4 rings (SSSR count). The van der Waals surface area contributed by atoms with Crippen LogP contribution in [-0.4, -0.2) is 98.1 Å². The Morgan fingerprint density at radius 2 is 1.57 bits per heavy atom. The van der Waals surface area contributed by atoms with Crippen LogP contribution < -0.4 is 10.2 Å². The predicted octanol–water partition coefficient (Wildman–Crippen LogP) is 2.18. The highest BCUT2D eigenvalue weighted by Crippen LogP contribution is 2.22. The summed E-state index contributed by atoms with van der Waals surface area (Å²) in [5.41, 5.74) is 2.06. The number of halogens is 2. The van der Waals surface area contributed by atoms with Crippen molar-refractivity contribution in [2.24, 2.45) is 0 Å². The summed E-state index contributed by atoms with van der Waals surface area (Å²) >= 11 is 0. The van der Waals surface area contributed by atoms with Gasteiger partial charge in [0.15, 0.2) is 0 Å². The van der Waals surface area contributed by atoms with E-state index in [9.17, 15) is 4.79 Å². The number of nitrogens with zero attached hydrogens (tertiary/aromatic N) is 4. The van der Waals surface area contributed by atoms with Gasteiger partial charge in [0.2, 0.25) is 0 Å². The van der Waals surface area contributed by atoms with Crippen LogP contribution in [0.25, 0.3) is 0 Å². The molecule has 3 heterocycles. The predicted molar refractivity (Wildman–Crippen MR) is 129 cm³/mol. The Morgan fingerprint density at radius 3 is 2.17 bits per heavy atom. The van der Waals surface area contributed by atoms with Crippen LogP contribution in [0.2, 0.25) is 0 Å². The zero-order valence-corrected chi connectivity index (χ0v) is 19.9. The molecular formula is C22H37Cl2N5O. The van der Waals surface area contributed by atoms with Crippen molar-refractivity contribution in [3.8, 4) is 0 Å². The average molecular weight is 458 g/mol. The third kappa shape index (κ3) is 5.80. The van der Waals surface area contributed by atoms with E-state index in [1.807, 2.05) is 17.0 Å². The van der Waals surface area contributed by atoms with Crippen molar-refractivity contribution in [2.45, 2.75) is 32.4 Å². The van der Waals surface area contributed by atoms with Crippen LogP contribution >= 0.6 is 24.8 Å². The van der Waals surface area contributed by atoms with E-state index < -0.39 is 0 Å². The SMILES string of the molecule is CC(C)N1CCN(c2ccc(C(=O)N3CCC(N4CCNCC4)C3)cc2)CC1.Cl.Cl. The van der Waals surface area contributed by atoms with Gasteiger partial charge in [-0.3, -0.25) is 14.6 Å². The Hall–Kier alpha value is -1.05. The number of carbonyl (C=O) groups is 1. The molecule has 3 fully saturated rings. The van der Waals surface area contributed by atoms with Crippen molar-refractivity contribution in [3.05, 3.63) is 29.8 Å². The van der Waals surface area contributed by atoms with Crippen LogP contribution in [0.15, 0.2) is 24.3 Å². The molecule has 30 heavy (non-hydrogen) atoms. The van der Waals surface area contributed by atoms with Crippen LogP contribution in [-0.2, 0) is 0 Å². The normalized spacial score (nSPS) is 23.2. The van der Waals surface area contributed by atoms with Gasteiger partial charge in [-0.25, -0.2) is 0 Å². The lowest BCUT2D eigenvalue weighted by molar-refractivity contribution is 0.0773. The number of piperazine rings is 2. The van der Waals surface area contributed by atoms with Crippen LogP contribution in [0.1, 0.15) is 30.6 Å². The van der Waals surface area contributed by atoms with Crippen molar-refractivity contribution in [1.82, 2.24) is 20.0 Å². The van der Waals surface area contributed by atoms with Crippen molar-refractivity contribution < 1.29 is 4.79 Å². The van der Waals surface area contributed by atoms with E-state index in [0.29, 0.717) is 12.1 Å². The zero-order chi connectivity index (χ0) is 19.5. The molecule has 1 aromatic carbocycles. The van der Waals surface area contributed by atoms with E-state index in [-0.39, 0.29) is 30.7 Å². The summed E-state index contributed by atoms with van der Waals surface area (Å²) in [6.07, 6.45) is 1.10. The molecular weight excluding hydrogens is 421 g/mol. The monoisotopic (exact) mass is 457 g/mol. The van der Waals surface area contributed by atoms with Gasteiger partial charge in [0, 0.05) is 88.8 Å². The van der Waals surface area contributed by atoms with Crippen LogP contribution in [0.3, 0.4) is 0 Å². The molecule has 170 valence electrons. The molecule has 0 aromatic heterocycles. The highest BCUT2D eigenvalue weighted by molar-refractivity contribution is 5.94. The zero-order valence-electron chi connectivity index (χ0n) is 18.3. The largest absolute Gasteiger partial charge is 0.369 e. The number of rotatable bonds is 4. The minimum absolute atomic E-state index is 0. The third-order valence-electron chi connectivity index (χ3n) is 6.64. The summed E-state index contributed by atoms with van der Waals surface area (Å²) in [6.45, 7) is 15.0. The number of amides is 1. The molecule has 1 aromatic rings. The Bertz CT molecular complexity index is 658. The number of nitrogens with one attached hydrogen (secondary N) is 1. The molecule has 1 unspecified atom stereocenters. The first-order valence-corrected chi connectivity index (χ1v) is 10.9. The Morgan fingerprint density at radius 1 is 0.933 bits per heavy atom. The summed E-state index contributed by atoms with van der Waals surface area (Å²) in [5, 5.41) is 3.41. The van der Waals surface area contributed by atoms with E-state index >= 15 is 0 Å². The standard InChI is InChI=1S/C22H35N5O.2ClH/c1-18(2)24-13-15-26(16-14-24)20-5-3-19(4-6-20)22(28)27-10-7-21(17-27)25-11-8-23-9-12-25;;/h3-6,18,21,23H,7-17H2,1-2H3;2*1H. The third-order valence-corrected chi connectivity index (χ3v) is 6.64. The van der Waals surface area contributed by atoms with Crippen LogP contribution in [0.4, 0.5) is 5.69 Å². The lowest BCUT2D eigenvalue weighted by Gasteiger charge is -2.38. The minimum atomic E-state index is 0. The number of likely N-dealkylation sites (tertiary alicyclic amines) is 1. The molecule has 8 heteroatoms. The van der Waals surface area contributed by atoms with Gasteiger partial charge in [0.1, 0.15) is 0 Å². The van der Waals surface area contributed by atoms with E-state index in [0.717, 1.165) is 77.4 Å². The molecule has 3 aliphatic rings. The molecule has 3 aliphatic heterocycles. The van der Waals surface area contributed by atoms with Crippen molar-refractivity contribution in [1.29, 1.82) is 0 Å².